The van der Waals surface area contributed by atoms with E-state index in [1.807, 2.05) is 0 Å². The molecule has 1 heterocycles. The van der Waals surface area contributed by atoms with Crippen LogP contribution >= 0.6 is 11.8 Å². The molecule has 1 amide bonds. The first kappa shape index (κ1) is 10.0. The van der Waals surface area contributed by atoms with Gasteiger partial charge in [0.05, 0.1) is 5.75 Å². The average molecular weight is 212 g/mol. The molecular weight excluding hydrogens is 196 g/mol. The highest BCUT2D eigenvalue weighted by Crippen LogP contribution is 2.27. The van der Waals surface area contributed by atoms with Crippen molar-refractivity contribution in [3.05, 3.63) is 0 Å². The summed E-state index contributed by atoms with van der Waals surface area (Å²) in [6.07, 6.45) is 5.18. The Balaban J connectivity index is 2.05. The molecule has 1 aliphatic heterocycles. The topological polar surface area (TPSA) is 32.7 Å². The predicted molar refractivity (Wildman–Crippen MR) is 59.5 cm³/mol. The third-order valence-corrected chi connectivity index (χ3v) is 3.87. The lowest BCUT2D eigenvalue weighted by Gasteiger charge is -2.28. The Labute approximate surface area is 89.0 Å². The summed E-state index contributed by atoms with van der Waals surface area (Å²) < 4.78 is 0. The molecule has 0 aromatic carbocycles. The van der Waals surface area contributed by atoms with E-state index >= 15 is 0 Å². The molecule has 14 heavy (non-hydrogen) atoms. The van der Waals surface area contributed by atoms with E-state index in [4.69, 9.17) is 0 Å². The summed E-state index contributed by atoms with van der Waals surface area (Å²) in [5.74, 6) is 0.569. The number of amides is 1. The number of thioether (sulfide) groups is 1. The molecule has 0 saturated heterocycles. The molecule has 1 saturated carbocycles. The molecule has 0 unspecified atom stereocenters. The van der Waals surface area contributed by atoms with Gasteiger partial charge >= 0.3 is 0 Å². The number of hydrogen-bond donors (Lipinski definition) is 0. The molecule has 1 aliphatic carbocycles. The maximum Gasteiger partial charge on any atom is 0.258 e. The van der Waals surface area contributed by atoms with Crippen molar-refractivity contribution in [1.82, 2.24) is 4.90 Å². The molecule has 0 bridgehead atoms. The fourth-order valence-electron chi connectivity index (χ4n) is 2.21. The summed E-state index contributed by atoms with van der Waals surface area (Å²) in [5, 5.41) is 0.962. The minimum atomic E-state index is 0.0291. The summed E-state index contributed by atoms with van der Waals surface area (Å²) in [5.41, 5.74) is 0. The van der Waals surface area contributed by atoms with Crippen LogP contribution in [0, 0.1) is 0 Å². The van der Waals surface area contributed by atoms with Crippen molar-refractivity contribution in [1.29, 1.82) is 0 Å². The number of aliphatic imine (C=N–C) groups is 1. The monoisotopic (exact) mass is 212 g/mol. The second kappa shape index (κ2) is 4.34. The van der Waals surface area contributed by atoms with E-state index in [-0.39, 0.29) is 5.91 Å². The molecule has 0 radical (unpaired) electrons. The maximum atomic E-state index is 11.1. The quantitative estimate of drug-likeness (QED) is 0.700. The van der Waals surface area contributed by atoms with Gasteiger partial charge < -0.3 is 4.90 Å². The largest absolute Gasteiger partial charge is 0.348 e. The van der Waals surface area contributed by atoms with Crippen molar-refractivity contribution in [3.8, 4) is 0 Å². The van der Waals surface area contributed by atoms with E-state index in [0.717, 1.165) is 11.7 Å². The van der Waals surface area contributed by atoms with E-state index in [2.05, 4.69) is 16.8 Å². The number of hydrogen-bond acceptors (Lipinski definition) is 3. The molecule has 0 aromatic heterocycles. The maximum absolute atomic E-state index is 11.1. The Morgan fingerprint density at radius 3 is 2.71 bits per heavy atom. The van der Waals surface area contributed by atoms with E-state index in [0.29, 0.717) is 11.8 Å². The van der Waals surface area contributed by atoms with Crippen LogP contribution < -0.4 is 0 Å². The van der Waals surface area contributed by atoms with Gasteiger partial charge in [-0.25, -0.2) is 0 Å². The van der Waals surface area contributed by atoms with Gasteiger partial charge in [-0.2, -0.15) is 4.99 Å². The molecule has 3 nitrogen and oxygen atoms in total. The van der Waals surface area contributed by atoms with Crippen LogP contribution in [0.15, 0.2) is 4.99 Å². The van der Waals surface area contributed by atoms with Crippen molar-refractivity contribution in [2.24, 2.45) is 4.99 Å². The first-order valence-electron chi connectivity index (χ1n) is 5.32. The molecular formula is C10H16N2OS. The number of carbonyl (C=O) groups excluding carboxylic acids is 1. The number of nitrogens with zero attached hydrogens (tertiary/aromatic N) is 2. The third kappa shape index (κ3) is 1.95. The number of rotatable bonds is 2. The van der Waals surface area contributed by atoms with Crippen molar-refractivity contribution in [2.75, 3.05) is 12.3 Å². The van der Waals surface area contributed by atoms with Crippen LogP contribution in [-0.4, -0.2) is 34.3 Å². The summed E-state index contributed by atoms with van der Waals surface area (Å²) in [7, 11) is 0. The lowest BCUT2D eigenvalue weighted by Crippen LogP contribution is -2.36. The Kier molecular flexibility index (Phi) is 3.11. The molecule has 0 aromatic rings. The van der Waals surface area contributed by atoms with E-state index in [9.17, 15) is 4.79 Å². The van der Waals surface area contributed by atoms with Gasteiger partial charge in [0.1, 0.15) is 0 Å². The van der Waals surface area contributed by atoms with Crippen molar-refractivity contribution in [3.63, 3.8) is 0 Å². The highest BCUT2D eigenvalue weighted by atomic mass is 32.2. The molecule has 2 aliphatic rings. The van der Waals surface area contributed by atoms with Crippen LogP contribution in [-0.2, 0) is 4.79 Å². The third-order valence-electron chi connectivity index (χ3n) is 2.90. The van der Waals surface area contributed by atoms with Gasteiger partial charge in [0, 0.05) is 12.6 Å². The summed E-state index contributed by atoms with van der Waals surface area (Å²) >= 11 is 1.60. The van der Waals surface area contributed by atoms with Gasteiger partial charge in [0.15, 0.2) is 5.17 Å². The summed E-state index contributed by atoms with van der Waals surface area (Å²) in [6.45, 7) is 3.12. The fraction of sp³-hybridized carbons (Fsp3) is 0.800. The second-order valence-electron chi connectivity index (χ2n) is 3.80. The molecule has 0 N–H and O–H groups in total. The molecule has 4 heteroatoms. The van der Waals surface area contributed by atoms with Gasteiger partial charge in [-0.15, -0.1) is 0 Å². The van der Waals surface area contributed by atoms with Crippen LogP contribution in [0.3, 0.4) is 0 Å². The first-order valence-corrected chi connectivity index (χ1v) is 6.30. The molecule has 2 rings (SSSR count). The normalized spacial score (nSPS) is 22.9. The van der Waals surface area contributed by atoms with Gasteiger partial charge in [-0.05, 0) is 19.8 Å². The van der Waals surface area contributed by atoms with E-state index in [1.165, 1.54) is 25.7 Å². The number of carbonyl (C=O) groups is 1. The SMILES string of the molecule is CCN(C1=NC(=O)CS1)C1CCCC1. The Hall–Kier alpha value is -0.510. The summed E-state index contributed by atoms with van der Waals surface area (Å²) in [6, 6.07) is 0.636. The van der Waals surface area contributed by atoms with Crippen LogP contribution in [0.5, 0.6) is 0 Å². The Morgan fingerprint density at radius 1 is 1.50 bits per heavy atom. The highest BCUT2D eigenvalue weighted by molar-refractivity contribution is 8.14. The van der Waals surface area contributed by atoms with E-state index < -0.39 is 0 Å². The molecule has 1 fully saturated rings. The zero-order valence-electron chi connectivity index (χ0n) is 8.53. The van der Waals surface area contributed by atoms with Crippen LogP contribution in [0.2, 0.25) is 0 Å². The lowest BCUT2D eigenvalue weighted by molar-refractivity contribution is -0.115. The van der Waals surface area contributed by atoms with Crippen molar-refractivity contribution < 1.29 is 4.79 Å². The van der Waals surface area contributed by atoms with Crippen LogP contribution in [0.25, 0.3) is 0 Å². The zero-order valence-corrected chi connectivity index (χ0v) is 9.35. The van der Waals surface area contributed by atoms with Crippen molar-refractivity contribution >= 4 is 22.8 Å². The highest BCUT2D eigenvalue weighted by Gasteiger charge is 2.27. The molecule has 78 valence electrons. The standard InChI is InChI=1S/C10H16N2OS/c1-2-12(8-5-3-4-6-8)10-11-9(13)7-14-10/h8H,2-7H2,1H3. The lowest BCUT2D eigenvalue weighted by atomic mass is 10.2. The zero-order chi connectivity index (χ0) is 9.97. The smallest absolute Gasteiger partial charge is 0.258 e. The second-order valence-corrected chi connectivity index (χ2v) is 4.74. The van der Waals surface area contributed by atoms with Gasteiger partial charge in [-0.1, -0.05) is 24.6 Å². The van der Waals surface area contributed by atoms with Gasteiger partial charge in [-0.3, -0.25) is 4.79 Å². The van der Waals surface area contributed by atoms with Gasteiger partial charge in [0.25, 0.3) is 5.91 Å². The molecule has 0 atom stereocenters. The molecule has 0 spiro atoms. The predicted octanol–water partition coefficient (Wildman–Crippen LogP) is 1.88. The Morgan fingerprint density at radius 2 is 2.21 bits per heavy atom. The first-order chi connectivity index (χ1) is 6.81. The van der Waals surface area contributed by atoms with E-state index in [1.54, 1.807) is 11.8 Å². The van der Waals surface area contributed by atoms with Crippen molar-refractivity contribution in [2.45, 2.75) is 38.6 Å². The van der Waals surface area contributed by atoms with Crippen LogP contribution in [0.4, 0.5) is 0 Å². The average Bonchev–Trinajstić information content (AvgIpc) is 2.79. The van der Waals surface area contributed by atoms with Crippen LogP contribution in [0.1, 0.15) is 32.6 Å². The Bertz CT molecular complexity index is 259. The summed E-state index contributed by atoms with van der Waals surface area (Å²) in [4.78, 5) is 17.4. The minimum absolute atomic E-state index is 0.0291. The number of amidine groups is 1. The van der Waals surface area contributed by atoms with Gasteiger partial charge in [0.2, 0.25) is 0 Å². The fourth-order valence-corrected chi connectivity index (χ4v) is 3.14. The minimum Gasteiger partial charge on any atom is -0.348 e.